The van der Waals surface area contributed by atoms with E-state index in [2.05, 4.69) is 43.2 Å². The normalized spacial score (nSPS) is 24.1. The van der Waals surface area contributed by atoms with E-state index in [1.165, 1.54) is 0 Å². The molecule has 3 aliphatic heterocycles. The van der Waals surface area contributed by atoms with E-state index in [0.29, 0.717) is 17.2 Å². The SMILES string of the molecule is CC(C)(C)CCS(=O)(=O)c1ccc(-c2ccc(C(C)(C)NC(=O)NC3(C)CN4CCC3CC4)cc2)cc1. The third-order valence-electron chi connectivity index (χ3n) is 8.14. The molecule has 2 N–H and O–H groups in total. The van der Waals surface area contributed by atoms with Gasteiger partial charge in [0.15, 0.2) is 9.84 Å². The summed E-state index contributed by atoms with van der Waals surface area (Å²) in [6.07, 6.45) is 2.91. The number of piperidine rings is 3. The molecule has 6 nitrogen and oxygen atoms in total. The number of sulfone groups is 1. The topological polar surface area (TPSA) is 78.5 Å². The first-order valence-electron chi connectivity index (χ1n) is 13.4. The zero-order chi connectivity index (χ0) is 27.1. The molecule has 5 rings (SSSR count). The number of amides is 2. The second kappa shape index (κ2) is 10.1. The second-order valence-electron chi connectivity index (χ2n) is 12.9. The fraction of sp³-hybridized carbons (Fsp3) is 0.567. The van der Waals surface area contributed by atoms with Crippen LogP contribution in [0.15, 0.2) is 53.4 Å². The lowest BCUT2D eigenvalue weighted by molar-refractivity contribution is 0.0224. The first kappa shape index (κ1) is 27.6. The Morgan fingerprint density at radius 1 is 0.946 bits per heavy atom. The van der Waals surface area contributed by atoms with Gasteiger partial charge in [-0.1, -0.05) is 57.2 Å². The van der Waals surface area contributed by atoms with Crippen molar-refractivity contribution in [3.63, 3.8) is 0 Å². The number of nitrogens with zero attached hydrogens (tertiary/aromatic N) is 1. The van der Waals surface area contributed by atoms with Gasteiger partial charge >= 0.3 is 6.03 Å². The maximum absolute atomic E-state index is 13.0. The molecule has 0 radical (unpaired) electrons. The van der Waals surface area contributed by atoms with Gasteiger partial charge in [0.05, 0.1) is 21.7 Å². The summed E-state index contributed by atoms with van der Waals surface area (Å²) >= 11 is 0. The predicted octanol–water partition coefficient (Wildman–Crippen LogP) is 5.58. The van der Waals surface area contributed by atoms with Gasteiger partial charge in [-0.05, 0) is 93.3 Å². The van der Waals surface area contributed by atoms with Gasteiger partial charge in [0.25, 0.3) is 0 Å². The predicted molar refractivity (Wildman–Crippen MR) is 150 cm³/mol. The lowest BCUT2D eigenvalue weighted by Crippen LogP contribution is -2.67. The Balaban J connectivity index is 1.39. The highest BCUT2D eigenvalue weighted by Crippen LogP contribution is 2.35. The van der Waals surface area contributed by atoms with E-state index in [4.69, 9.17) is 0 Å². The third-order valence-corrected chi connectivity index (χ3v) is 9.87. The molecule has 37 heavy (non-hydrogen) atoms. The van der Waals surface area contributed by atoms with Crippen LogP contribution in [0.1, 0.15) is 66.4 Å². The van der Waals surface area contributed by atoms with E-state index in [-0.39, 0.29) is 22.7 Å². The molecule has 3 heterocycles. The molecule has 2 bridgehead atoms. The number of carbonyl (C=O) groups excluding carboxylic acids is 1. The zero-order valence-corrected chi connectivity index (χ0v) is 24.0. The molecule has 3 saturated heterocycles. The summed E-state index contributed by atoms with van der Waals surface area (Å²) < 4.78 is 25.4. The van der Waals surface area contributed by atoms with Crippen LogP contribution in [0.4, 0.5) is 4.79 Å². The summed E-state index contributed by atoms with van der Waals surface area (Å²) in [5, 5.41) is 6.46. The quantitative estimate of drug-likeness (QED) is 0.495. The van der Waals surface area contributed by atoms with Crippen molar-refractivity contribution in [3.8, 4) is 11.1 Å². The van der Waals surface area contributed by atoms with E-state index in [1.54, 1.807) is 12.1 Å². The van der Waals surface area contributed by atoms with Crippen LogP contribution in [-0.2, 0) is 15.4 Å². The molecule has 0 saturated carbocycles. The van der Waals surface area contributed by atoms with Crippen LogP contribution in [0.2, 0.25) is 0 Å². The molecule has 3 aliphatic rings. The summed E-state index contributed by atoms with van der Waals surface area (Å²) in [5.74, 6) is 0.684. The molecule has 7 heteroatoms. The first-order chi connectivity index (χ1) is 17.2. The molecule has 202 valence electrons. The first-order valence-corrected chi connectivity index (χ1v) is 15.1. The Kier molecular flexibility index (Phi) is 7.52. The highest BCUT2D eigenvalue weighted by molar-refractivity contribution is 7.91. The molecule has 1 atom stereocenters. The van der Waals surface area contributed by atoms with Crippen LogP contribution in [0, 0.1) is 11.3 Å². The van der Waals surface area contributed by atoms with Gasteiger partial charge in [-0.3, -0.25) is 0 Å². The maximum atomic E-state index is 13.0. The van der Waals surface area contributed by atoms with E-state index < -0.39 is 15.4 Å². The molecule has 0 aliphatic carbocycles. The zero-order valence-electron chi connectivity index (χ0n) is 23.2. The average molecular weight is 526 g/mol. The molecule has 2 aromatic rings. The van der Waals surface area contributed by atoms with E-state index in [0.717, 1.165) is 49.2 Å². The number of urea groups is 1. The Morgan fingerprint density at radius 2 is 1.49 bits per heavy atom. The van der Waals surface area contributed by atoms with Crippen molar-refractivity contribution >= 4 is 15.9 Å². The van der Waals surface area contributed by atoms with Crippen LogP contribution < -0.4 is 10.6 Å². The number of fused-ring (bicyclic) bond motifs is 3. The number of nitrogens with one attached hydrogen (secondary N) is 2. The van der Waals surface area contributed by atoms with Crippen molar-refractivity contribution in [1.29, 1.82) is 0 Å². The number of hydrogen-bond donors (Lipinski definition) is 2. The lowest BCUT2D eigenvalue weighted by atomic mass is 9.74. The van der Waals surface area contributed by atoms with Crippen LogP contribution in [-0.4, -0.2) is 50.3 Å². The van der Waals surface area contributed by atoms with Gasteiger partial charge in [-0.25, -0.2) is 13.2 Å². The van der Waals surface area contributed by atoms with Crippen LogP contribution in [0.25, 0.3) is 11.1 Å². The maximum Gasteiger partial charge on any atom is 0.315 e. The second-order valence-corrected chi connectivity index (χ2v) is 15.0. The molecule has 0 aromatic heterocycles. The van der Waals surface area contributed by atoms with Crippen LogP contribution in [0.3, 0.4) is 0 Å². The minimum Gasteiger partial charge on any atom is -0.331 e. The third kappa shape index (κ3) is 6.55. The van der Waals surface area contributed by atoms with E-state index >= 15 is 0 Å². The van der Waals surface area contributed by atoms with E-state index in [9.17, 15) is 13.2 Å². The van der Waals surface area contributed by atoms with Crippen molar-refractivity contribution in [1.82, 2.24) is 15.5 Å². The van der Waals surface area contributed by atoms with Crippen LogP contribution in [0.5, 0.6) is 0 Å². The van der Waals surface area contributed by atoms with Gasteiger partial charge in [0.2, 0.25) is 0 Å². The number of carbonyl (C=O) groups is 1. The van der Waals surface area contributed by atoms with Crippen molar-refractivity contribution in [3.05, 3.63) is 54.1 Å². The van der Waals surface area contributed by atoms with Crippen molar-refractivity contribution in [2.75, 3.05) is 25.4 Å². The average Bonchev–Trinajstić information content (AvgIpc) is 2.82. The standard InChI is InChI=1S/C30H43N3O3S/c1-28(2,3)17-20-37(35,36)26-13-9-23(10-14-26)22-7-11-24(12-8-22)29(4,5)31-27(34)32-30(6)21-33-18-15-25(30)16-19-33/h7-14,25H,15-21H2,1-6H3,(H2,31,32,34). The van der Waals surface area contributed by atoms with Gasteiger partial charge in [0.1, 0.15) is 0 Å². The molecule has 2 amide bonds. The Hall–Kier alpha value is -2.38. The minimum atomic E-state index is -3.30. The van der Waals surface area contributed by atoms with Crippen molar-refractivity contribution in [2.24, 2.45) is 11.3 Å². The molecule has 3 fully saturated rings. The van der Waals surface area contributed by atoms with Gasteiger partial charge in [-0.2, -0.15) is 0 Å². The molecular formula is C30H43N3O3S. The summed E-state index contributed by atoms with van der Waals surface area (Å²) in [6.45, 7) is 15.5. The molecule has 1 unspecified atom stereocenters. The summed E-state index contributed by atoms with van der Waals surface area (Å²) in [6, 6.07) is 15.1. The van der Waals surface area contributed by atoms with E-state index in [1.807, 2.05) is 50.2 Å². The van der Waals surface area contributed by atoms with Gasteiger partial charge < -0.3 is 15.5 Å². The summed E-state index contributed by atoms with van der Waals surface area (Å²) in [4.78, 5) is 15.8. The lowest BCUT2D eigenvalue weighted by Gasteiger charge is -2.52. The van der Waals surface area contributed by atoms with Gasteiger partial charge in [0, 0.05) is 6.54 Å². The molecular weight excluding hydrogens is 482 g/mol. The number of hydrogen-bond acceptors (Lipinski definition) is 4. The van der Waals surface area contributed by atoms with Crippen LogP contribution >= 0.6 is 0 Å². The Bertz CT molecular complexity index is 1210. The molecule has 0 spiro atoms. The smallest absolute Gasteiger partial charge is 0.315 e. The Morgan fingerprint density at radius 3 is 1.97 bits per heavy atom. The highest BCUT2D eigenvalue weighted by atomic mass is 32.2. The summed E-state index contributed by atoms with van der Waals surface area (Å²) in [7, 11) is -3.30. The largest absolute Gasteiger partial charge is 0.331 e. The van der Waals surface area contributed by atoms with Gasteiger partial charge in [-0.15, -0.1) is 0 Å². The highest BCUT2D eigenvalue weighted by Gasteiger charge is 2.44. The Labute approximate surface area is 223 Å². The monoisotopic (exact) mass is 525 g/mol. The molecule has 2 aromatic carbocycles. The minimum absolute atomic E-state index is 0.0241. The number of rotatable bonds is 7. The van der Waals surface area contributed by atoms with Crippen molar-refractivity contribution in [2.45, 2.75) is 76.8 Å². The summed E-state index contributed by atoms with van der Waals surface area (Å²) in [5.41, 5.74) is 2.21. The van der Waals surface area contributed by atoms with Crippen molar-refractivity contribution < 1.29 is 13.2 Å². The fourth-order valence-electron chi connectivity index (χ4n) is 5.60. The number of benzene rings is 2. The fourth-order valence-corrected chi connectivity index (χ4v) is 7.27.